The van der Waals surface area contributed by atoms with Crippen LogP contribution >= 0.6 is 0 Å². The van der Waals surface area contributed by atoms with Crippen LogP contribution in [0.2, 0.25) is 0 Å². The highest BCUT2D eigenvalue weighted by Gasteiger charge is 2.23. The molecule has 1 amide bonds. The lowest BCUT2D eigenvalue weighted by molar-refractivity contribution is -0.122. The Balaban J connectivity index is 0.00000108. The number of hydrogen-bond donors (Lipinski definition) is 3. The molecule has 1 aliphatic heterocycles. The summed E-state index contributed by atoms with van der Waals surface area (Å²) in [6.45, 7) is 8.03. The first-order valence-corrected chi connectivity index (χ1v) is 11.5. The lowest BCUT2D eigenvalue weighted by atomic mass is 10.1. The van der Waals surface area contributed by atoms with Gasteiger partial charge in [-0.15, -0.1) is 0 Å². The van der Waals surface area contributed by atoms with Gasteiger partial charge in [0.2, 0.25) is 0 Å². The number of para-hydroxylation sites is 1. The third-order valence-corrected chi connectivity index (χ3v) is 5.89. The zero-order chi connectivity index (χ0) is 25.5. The Morgan fingerprint density at radius 1 is 1.09 bits per heavy atom. The largest absolute Gasteiger partial charge is 0.506 e. The van der Waals surface area contributed by atoms with Crippen LogP contribution in [0.5, 0.6) is 5.75 Å². The van der Waals surface area contributed by atoms with Crippen LogP contribution in [0.4, 0.5) is 11.4 Å². The van der Waals surface area contributed by atoms with E-state index in [1.807, 2.05) is 38.1 Å². The fraction of sp³-hybridized carbons (Fsp3) is 0.346. The van der Waals surface area contributed by atoms with Crippen LogP contribution in [0.25, 0.3) is 10.9 Å². The van der Waals surface area contributed by atoms with Gasteiger partial charge in [0.15, 0.2) is 0 Å². The van der Waals surface area contributed by atoms with Gasteiger partial charge in [-0.25, -0.2) is 0 Å². The number of piperazine rings is 1. The molecule has 35 heavy (non-hydrogen) atoms. The van der Waals surface area contributed by atoms with Gasteiger partial charge < -0.3 is 29.9 Å². The van der Waals surface area contributed by atoms with E-state index in [0.29, 0.717) is 23.1 Å². The van der Waals surface area contributed by atoms with Gasteiger partial charge in [-0.1, -0.05) is 32.0 Å². The van der Waals surface area contributed by atoms with E-state index in [0.717, 1.165) is 31.9 Å². The zero-order valence-corrected chi connectivity index (χ0v) is 20.3. The number of aromatic hydroxyl groups is 1. The molecule has 0 bridgehead atoms. The molecule has 4 rings (SSSR count). The lowest BCUT2D eigenvalue weighted by Gasteiger charge is -2.34. The molecule has 1 aliphatic rings. The van der Waals surface area contributed by atoms with Gasteiger partial charge in [0.25, 0.3) is 17.9 Å². The number of likely N-dealkylation sites (N-methyl/N-ethyl adjacent to an activating group) is 1. The Hall–Kier alpha value is -3.85. The van der Waals surface area contributed by atoms with E-state index in [1.165, 1.54) is 0 Å². The van der Waals surface area contributed by atoms with E-state index in [2.05, 4.69) is 22.2 Å². The molecule has 2 aromatic carbocycles. The minimum Gasteiger partial charge on any atom is -0.506 e. The number of benzene rings is 2. The first-order valence-electron chi connectivity index (χ1n) is 11.5. The molecule has 9 nitrogen and oxygen atoms in total. The monoisotopic (exact) mass is 480 g/mol. The number of nitrogens with one attached hydrogen (secondary N) is 1. The first kappa shape index (κ1) is 25.8. The number of carboxylic acid groups (broad SMARTS) is 1. The van der Waals surface area contributed by atoms with Gasteiger partial charge in [-0.05, 0) is 43.3 Å². The molecule has 0 atom stereocenters. The van der Waals surface area contributed by atoms with Gasteiger partial charge in [0.1, 0.15) is 11.3 Å². The number of carbonyl (C=O) groups is 2. The molecule has 9 heteroatoms. The van der Waals surface area contributed by atoms with Gasteiger partial charge in [0, 0.05) is 49.5 Å². The fourth-order valence-electron chi connectivity index (χ4n) is 4.18. The Labute approximate surface area is 204 Å². The summed E-state index contributed by atoms with van der Waals surface area (Å²) in [6, 6.07) is 14.7. The second kappa shape index (κ2) is 11.5. The third-order valence-electron chi connectivity index (χ3n) is 5.89. The Kier molecular flexibility index (Phi) is 8.48. The first-order chi connectivity index (χ1) is 16.8. The zero-order valence-electron chi connectivity index (χ0n) is 20.3. The van der Waals surface area contributed by atoms with Crippen molar-refractivity contribution < 1.29 is 19.8 Å². The summed E-state index contributed by atoms with van der Waals surface area (Å²) >= 11 is 0. The fourth-order valence-corrected chi connectivity index (χ4v) is 4.18. The summed E-state index contributed by atoms with van der Waals surface area (Å²) in [7, 11) is 2.11. The van der Waals surface area contributed by atoms with Crippen molar-refractivity contribution in [2.75, 3.05) is 43.4 Å². The molecule has 3 N–H and O–H groups in total. The standard InChI is InChI=1S/C25H30N4O3.CH2O2/c1-17(2)16-29-21-10-5-4-9-20(21)23(30)22(25(29)32)24(31)26-18-7-6-8-19(15-18)28-13-11-27(3)12-14-28;2-1-3/h4-10,15,17,30H,11-14,16H2,1-3H3,(H,26,31);1H,(H,2,3). The Bertz CT molecular complexity index is 1250. The van der Waals surface area contributed by atoms with E-state index in [-0.39, 0.29) is 23.7 Å². The summed E-state index contributed by atoms with van der Waals surface area (Å²) in [5.74, 6) is -0.679. The normalized spacial score (nSPS) is 13.9. The predicted molar refractivity (Wildman–Crippen MR) is 138 cm³/mol. The van der Waals surface area contributed by atoms with Crippen molar-refractivity contribution in [1.29, 1.82) is 0 Å². The van der Waals surface area contributed by atoms with E-state index < -0.39 is 11.5 Å². The van der Waals surface area contributed by atoms with Crippen LogP contribution in [0.1, 0.15) is 24.2 Å². The van der Waals surface area contributed by atoms with E-state index >= 15 is 0 Å². The molecule has 0 spiro atoms. The summed E-state index contributed by atoms with van der Waals surface area (Å²) in [5.41, 5.74) is 1.53. The second-order valence-corrected chi connectivity index (χ2v) is 8.95. The van der Waals surface area contributed by atoms with E-state index in [4.69, 9.17) is 9.90 Å². The number of rotatable bonds is 5. The maximum absolute atomic E-state index is 13.2. The highest BCUT2D eigenvalue weighted by atomic mass is 16.3. The van der Waals surface area contributed by atoms with Gasteiger partial charge in [-0.3, -0.25) is 14.4 Å². The third kappa shape index (κ3) is 5.99. The summed E-state index contributed by atoms with van der Waals surface area (Å²) in [4.78, 5) is 39.3. The lowest BCUT2D eigenvalue weighted by Crippen LogP contribution is -2.44. The van der Waals surface area contributed by atoms with Crippen LogP contribution < -0.4 is 15.8 Å². The molecule has 1 fully saturated rings. The number of aromatic nitrogens is 1. The molecule has 186 valence electrons. The summed E-state index contributed by atoms with van der Waals surface area (Å²) in [6.07, 6.45) is 0. The molecular weight excluding hydrogens is 448 g/mol. The van der Waals surface area contributed by atoms with Gasteiger partial charge in [-0.2, -0.15) is 0 Å². The van der Waals surface area contributed by atoms with Crippen molar-refractivity contribution in [1.82, 2.24) is 9.47 Å². The quantitative estimate of drug-likeness (QED) is 0.481. The van der Waals surface area contributed by atoms with Crippen molar-refractivity contribution in [2.24, 2.45) is 5.92 Å². The topological polar surface area (TPSA) is 115 Å². The summed E-state index contributed by atoms with van der Waals surface area (Å²) in [5, 5.41) is 21.0. The molecule has 0 unspecified atom stereocenters. The van der Waals surface area contributed by atoms with Crippen molar-refractivity contribution in [3.05, 3.63) is 64.4 Å². The predicted octanol–water partition coefficient (Wildman–Crippen LogP) is 3.07. The van der Waals surface area contributed by atoms with Crippen LogP contribution in [0.3, 0.4) is 0 Å². The number of nitrogens with zero attached hydrogens (tertiary/aromatic N) is 3. The number of amides is 1. The average molecular weight is 481 g/mol. The Morgan fingerprint density at radius 3 is 2.40 bits per heavy atom. The minimum absolute atomic E-state index is 0.205. The van der Waals surface area contributed by atoms with E-state index in [9.17, 15) is 14.7 Å². The van der Waals surface area contributed by atoms with Crippen LogP contribution in [-0.4, -0.2) is 65.3 Å². The molecule has 0 radical (unpaired) electrons. The maximum Gasteiger partial charge on any atom is 0.290 e. The van der Waals surface area contributed by atoms with Crippen molar-refractivity contribution in [3.63, 3.8) is 0 Å². The van der Waals surface area contributed by atoms with Crippen molar-refractivity contribution in [3.8, 4) is 5.75 Å². The van der Waals surface area contributed by atoms with Crippen LogP contribution in [0, 0.1) is 5.92 Å². The summed E-state index contributed by atoms with van der Waals surface area (Å²) < 4.78 is 1.58. The number of hydrogen-bond acceptors (Lipinski definition) is 6. The molecule has 0 saturated carbocycles. The molecule has 1 aromatic heterocycles. The highest BCUT2D eigenvalue weighted by molar-refractivity contribution is 6.09. The van der Waals surface area contributed by atoms with E-state index in [1.54, 1.807) is 28.8 Å². The number of pyridine rings is 1. The van der Waals surface area contributed by atoms with Gasteiger partial charge in [0.05, 0.1) is 5.52 Å². The number of carbonyl (C=O) groups excluding carboxylic acids is 1. The van der Waals surface area contributed by atoms with Crippen LogP contribution in [-0.2, 0) is 11.3 Å². The highest BCUT2D eigenvalue weighted by Crippen LogP contribution is 2.28. The Morgan fingerprint density at radius 2 is 1.74 bits per heavy atom. The smallest absolute Gasteiger partial charge is 0.290 e. The minimum atomic E-state index is -0.605. The number of anilines is 2. The number of fused-ring (bicyclic) bond motifs is 1. The molecule has 2 heterocycles. The van der Waals surface area contributed by atoms with Crippen molar-refractivity contribution in [2.45, 2.75) is 20.4 Å². The molecule has 1 saturated heterocycles. The second-order valence-electron chi connectivity index (χ2n) is 8.95. The molecule has 0 aliphatic carbocycles. The van der Waals surface area contributed by atoms with Crippen LogP contribution in [0.15, 0.2) is 53.3 Å². The molecule has 3 aromatic rings. The SMILES string of the molecule is CC(C)Cn1c(=O)c(C(=O)Nc2cccc(N3CCN(C)CC3)c2)c(O)c2ccccc21.O=CO. The maximum atomic E-state index is 13.2. The molecular formula is C26H32N4O5. The van der Waals surface area contributed by atoms with Crippen molar-refractivity contribution >= 4 is 34.7 Å². The average Bonchev–Trinajstić information content (AvgIpc) is 2.83. The van der Waals surface area contributed by atoms with Gasteiger partial charge >= 0.3 is 0 Å².